The molecule has 5 atom stereocenters. The van der Waals surface area contributed by atoms with Gasteiger partial charge in [-0.15, -0.1) is 5.10 Å². The molecule has 46 heavy (non-hydrogen) atoms. The Hall–Kier alpha value is -3.17. The van der Waals surface area contributed by atoms with Gasteiger partial charge in [-0.2, -0.15) is 0 Å². The Morgan fingerprint density at radius 3 is 2.76 bits per heavy atom. The van der Waals surface area contributed by atoms with E-state index in [1.54, 1.807) is 15.8 Å². The molecule has 2 fully saturated rings. The smallest absolute Gasteiger partial charge is 0.305 e. The summed E-state index contributed by atoms with van der Waals surface area (Å²) in [6, 6.07) is 5.57. The van der Waals surface area contributed by atoms with Crippen LogP contribution in [0.5, 0.6) is 0 Å². The average Bonchev–Trinajstić information content (AvgIpc) is 3.68. The molecular formula is C32H48N6O7Si. The highest BCUT2D eigenvalue weighted by Crippen LogP contribution is 2.60. The first-order chi connectivity index (χ1) is 22.0. The Bertz CT molecular complexity index is 1410. The molecule has 0 radical (unpaired) electrons. The van der Waals surface area contributed by atoms with Crippen LogP contribution < -0.4 is 15.5 Å². The van der Waals surface area contributed by atoms with Crippen LogP contribution in [0.2, 0.25) is 18.6 Å². The molecule has 4 N–H and O–H groups in total. The number of hydrogen-bond donors (Lipinski definition) is 4. The molecule has 14 heteroatoms. The number of carbonyl (C=O) groups is 3. The summed E-state index contributed by atoms with van der Waals surface area (Å²) >= 11 is 0. The monoisotopic (exact) mass is 656 g/mol. The van der Waals surface area contributed by atoms with Gasteiger partial charge in [0, 0.05) is 68.0 Å². The SMILES string of the molecule is COC(=O)CCCCN1C(=O)[C@@]2(O[C@@H](CCn3cc(CCO)nn3)[C@H]([Si](C)(C)O)[C@H]2C)c2cc(NC(=O)C3CCCNC3)ccc21. The maximum absolute atomic E-state index is 14.6. The van der Waals surface area contributed by atoms with E-state index in [1.807, 2.05) is 38.2 Å². The van der Waals surface area contributed by atoms with Gasteiger partial charge in [0.25, 0.3) is 5.91 Å². The number of fused-ring (bicyclic) bond motifs is 2. The highest BCUT2D eigenvalue weighted by molar-refractivity contribution is 6.71. The van der Waals surface area contributed by atoms with Gasteiger partial charge in [-0.05, 0) is 69.9 Å². The van der Waals surface area contributed by atoms with Gasteiger partial charge in [-0.25, -0.2) is 0 Å². The van der Waals surface area contributed by atoms with Gasteiger partial charge in [-0.1, -0.05) is 12.1 Å². The minimum absolute atomic E-state index is 0.0163. The van der Waals surface area contributed by atoms with Crippen molar-refractivity contribution < 1.29 is 33.8 Å². The highest BCUT2D eigenvalue weighted by atomic mass is 28.4. The number of rotatable bonds is 13. The van der Waals surface area contributed by atoms with Gasteiger partial charge in [0.15, 0.2) is 13.9 Å². The van der Waals surface area contributed by atoms with Crippen molar-refractivity contribution in [1.29, 1.82) is 0 Å². The van der Waals surface area contributed by atoms with Crippen molar-refractivity contribution in [1.82, 2.24) is 20.3 Å². The number of methoxy groups -OCH3 is 1. The molecule has 0 aliphatic carbocycles. The summed E-state index contributed by atoms with van der Waals surface area (Å²) in [6.45, 7) is 8.15. The second-order valence-electron chi connectivity index (χ2n) is 13.3. The topological polar surface area (TPSA) is 168 Å². The normalized spacial score (nSPS) is 26.0. The first kappa shape index (κ1) is 34.2. The number of aliphatic hydroxyl groups is 1. The summed E-state index contributed by atoms with van der Waals surface area (Å²) < 4.78 is 13.4. The van der Waals surface area contributed by atoms with Crippen molar-refractivity contribution in [3.05, 3.63) is 35.7 Å². The van der Waals surface area contributed by atoms with E-state index in [-0.39, 0.29) is 48.2 Å². The van der Waals surface area contributed by atoms with Gasteiger partial charge >= 0.3 is 5.97 Å². The zero-order valence-corrected chi connectivity index (χ0v) is 28.3. The number of nitrogens with zero attached hydrogens (tertiary/aromatic N) is 4. The van der Waals surface area contributed by atoms with Crippen LogP contribution in [0.15, 0.2) is 24.4 Å². The van der Waals surface area contributed by atoms with E-state index in [9.17, 15) is 24.3 Å². The van der Waals surface area contributed by atoms with Crippen LogP contribution >= 0.6 is 0 Å². The molecule has 0 bridgehead atoms. The van der Waals surface area contributed by atoms with E-state index in [1.165, 1.54) is 7.11 Å². The lowest BCUT2D eigenvalue weighted by atomic mass is 9.82. The maximum atomic E-state index is 14.6. The van der Waals surface area contributed by atoms with E-state index < -0.39 is 20.0 Å². The highest BCUT2D eigenvalue weighted by Gasteiger charge is 2.66. The number of aryl methyl sites for hydroxylation is 1. The number of aromatic nitrogens is 3. The molecule has 5 rings (SSSR count). The van der Waals surface area contributed by atoms with Crippen molar-refractivity contribution in [3.8, 4) is 0 Å². The Morgan fingerprint density at radius 2 is 2.07 bits per heavy atom. The minimum atomic E-state index is -2.87. The third-order valence-electron chi connectivity index (χ3n) is 9.76. The summed E-state index contributed by atoms with van der Waals surface area (Å²) in [4.78, 5) is 52.9. The van der Waals surface area contributed by atoms with Crippen LogP contribution in [0.4, 0.5) is 11.4 Å². The number of hydrogen-bond acceptors (Lipinski definition) is 10. The number of benzene rings is 1. The van der Waals surface area contributed by atoms with Crippen LogP contribution in [0.1, 0.15) is 56.7 Å². The minimum Gasteiger partial charge on any atom is -0.469 e. The lowest BCUT2D eigenvalue weighted by Gasteiger charge is -2.32. The van der Waals surface area contributed by atoms with Crippen LogP contribution in [-0.2, 0) is 42.4 Å². The van der Waals surface area contributed by atoms with E-state index in [0.29, 0.717) is 67.9 Å². The predicted molar refractivity (Wildman–Crippen MR) is 173 cm³/mol. The Morgan fingerprint density at radius 1 is 1.26 bits per heavy atom. The lowest BCUT2D eigenvalue weighted by molar-refractivity contribution is -0.146. The summed E-state index contributed by atoms with van der Waals surface area (Å²) in [5, 5.41) is 23.9. The molecule has 2 amide bonds. The number of anilines is 2. The van der Waals surface area contributed by atoms with Crippen molar-refractivity contribution in [2.75, 3.05) is 43.6 Å². The molecule has 1 unspecified atom stereocenters. The van der Waals surface area contributed by atoms with E-state index >= 15 is 0 Å². The standard InChI is InChI=1S/C32H48N6O7Si/c1-21-29(46(3,4)43)27(12-16-37-20-24(13-17-39)35-36-37)45-32(21)25-18-23(34-30(41)22-8-7-14-33-19-22)10-11-26(25)38(31(32)42)15-6-5-9-28(40)44-2/h10-11,18,20-22,27,29,33,39,43H,5-9,12-17,19H2,1-4H3,(H,34,41)/t21-,22?,27+,29-,32+/m1/s1. The Labute approximate surface area is 271 Å². The summed E-state index contributed by atoms with van der Waals surface area (Å²) in [5.41, 5.74) is 1.08. The van der Waals surface area contributed by atoms with Crippen molar-refractivity contribution >= 4 is 37.5 Å². The zero-order chi connectivity index (χ0) is 33.1. The Balaban J connectivity index is 1.46. The molecule has 0 saturated carbocycles. The number of esters is 1. The van der Waals surface area contributed by atoms with Gasteiger partial charge in [0.2, 0.25) is 5.91 Å². The van der Waals surface area contributed by atoms with E-state index in [0.717, 1.165) is 19.4 Å². The summed E-state index contributed by atoms with van der Waals surface area (Å²) in [7, 11) is -1.51. The van der Waals surface area contributed by atoms with E-state index in [2.05, 4.69) is 20.9 Å². The third-order valence-corrected chi connectivity index (χ3v) is 12.3. The van der Waals surface area contributed by atoms with Gasteiger partial charge in [0.05, 0.1) is 30.5 Å². The van der Waals surface area contributed by atoms with Crippen LogP contribution in [0, 0.1) is 11.8 Å². The van der Waals surface area contributed by atoms with Crippen molar-refractivity contribution in [3.63, 3.8) is 0 Å². The predicted octanol–water partition coefficient (Wildman–Crippen LogP) is 2.33. The fraction of sp³-hybridized carbons (Fsp3) is 0.656. The number of unbranched alkanes of at least 4 members (excludes halogenated alkanes) is 1. The summed E-state index contributed by atoms with van der Waals surface area (Å²) in [6.07, 6.45) is 5.46. The lowest BCUT2D eigenvalue weighted by Crippen LogP contribution is -2.46. The molecule has 1 aromatic carbocycles. The molecule has 13 nitrogen and oxygen atoms in total. The average molecular weight is 657 g/mol. The van der Waals surface area contributed by atoms with Gasteiger partial charge < -0.3 is 34.9 Å². The van der Waals surface area contributed by atoms with Crippen molar-refractivity contribution in [2.45, 2.75) is 88.8 Å². The molecule has 1 spiro atoms. The number of nitrogens with one attached hydrogen (secondary N) is 2. The number of carbonyl (C=O) groups excluding carboxylic acids is 3. The molecule has 2 aromatic rings. The molecule has 1 aromatic heterocycles. The number of piperidine rings is 1. The maximum Gasteiger partial charge on any atom is 0.305 e. The fourth-order valence-electron chi connectivity index (χ4n) is 7.54. The largest absolute Gasteiger partial charge is 0.469 e. The van der Waals surface area contributed by atoms with Crippen LogP contribution in [0.3, 0.4) is 0 Å². The van der Waals surface area contributed by atoms with Gasteiger partial charge in [0.1, 0.15) is 0 Å². The quantitative estimate of drug-likeness (QED) is 0.143. The third kappa shape index (κ3) is 6.91. The molecular weight excluding hydrogens is 608 g/mol. The fourth-order valence-corrected chi connectivity index (χ4v) is 10.1. The van der Waals surface area contributed by atoms with E-state index in [4.69, 9.17) is 9.47 Å². The zero-order valence-electron chi connectivity index (χ0n) is 27.3. The number of ether oxygens (including phenoxy) is 2. The second kappa shape index (κ2) is 14.3. The van der Waals surface area contributed by atoms with Crippen molar-refractivity contribution in [2.24, 2.45) is 11.8 Å². The number of amides is 2. The number of aliphatic hydroxyl groups excluding tert-OH is 1. The molecule has 252 valence electrons. The molecule has 4 heterocycles. The van der Waals surface area contributed by atoms with Crippen LogP contribution in [-0.4, -0.2) is 90.5 Å². The van der Waals surface area contributed by atoms with Crippen LogP contribution in [0.25, 0.3) is 0 Å². The summed E-state index contributed by atoms with van der Waals surface area (Å²) in [5.74, 6) is -1.02. The first-order valence-electron chi connectivity index (χ1n) is 16.4. The Kier molecular flexibility index (Phi) is 10.6. The molecule has 3 aliphatic rings. The molecule has 3 aliphatic heterocycles. The molecule has 2 saturated heterocycles. The second-order valence-corrected chi connectivity index (χ2v) is 17.3. The first-order valence-corrected chi connectivity index (χ1v) is 19.5. The van der Waals surface area contributed by atoms with Gasteiger partial charge in [-0.3, -0.25) is 19.1 Å².